The Balaban J connectivity index is 2.19. The van der Waals surface area contributed by atoms with Crippen molar-refractivity contribution in [3.63, 3.8) is 0 Å². The van der Waals surface area contributed by atoms with E-state index in [1.807, 2.05) is 0 Å². The van der Waals surface area contributed by atoms with Gasteiger partial charge in [-0.1, -0.05) is 28.1 Å². The van der Waals surface area contributed by atoms with E-state index in [-0.39, 0.29) is 5.41 Å². The second-order valence-electron chi connectivity index (χ2n) is 4.15. The minimum absolute atomic E-state index is 0.0330. The molecule has 0 radical (unpaired) electrons. The molecule has 0 heterocycles. The zero-order valence-electron chi connectivity index (χ0n) is 8.18. The van der Waals surface area contributed by atoms with E-state index in [0.717, 1.165) is 23.7 Å². The lowest BCUT2D eigenvalue weighted by Gasteiger charge is -2.07. The lowest BCUT2D eigenvalue weighted by molar-refractivity contribution is 0.664. The van der Waals surface area contributed by atoms with Gasteiger partial charge < -0.3 is 0 Å². The minimum Gasteiger partial charge on any atom is -0.198 e. The topological polar surface area (TPSA) is 23.8 Å². The Hall–Kier alpha value is -0.810. The second kappa shape index (κ2) is 3.40. The molecule has 2 rings (SSSR count). The third kappa shape index (κ3) is 1.83. The average Bonchev–Trinajstić information content (AvgIpc) is 2.93. The summed E-state index contributed by atoms with van der Waals surface area (Å²) in [7, 11) is 0. The molecule has 0 amide bonds. The van der Waals surface area contributed by atoms with Crippen LogP contribution in [0.15, 0.2) is 22.7 Å². The Bertz CT molecular complexity index is 399. The van der Waals surface area contributed by atoms with E-state index in [1.165, 1.54) is 11.1 Å². The molecule has 0 atom stereocenters. The zero-order valence-corrected chi connectivity index (χ0v) is 9.76. The maximum absolute atomic E-state index is 8.98. The van der Waals surface area contributed by atoms with Crippen molar-refractivity contribution in [1.29, 1.82) is 5.26 Å². The summed E-state index contributed by atoms with van der Waals surface area (Å²) in [5.41, 5.74) is 2.48. The molecule has 2 heteroatoms. The Kier molecular flexibility index (Phi) is 2.36. The van der Waals surface area contributed by atoms with Gasteiger partial charge >= 0.3 is 0 Å². The molecule has 0 unspecified atom stereocenters. The fraction of sp³-hybridized carbons (Fsp3) is 0.417. The van der Waals surface area contributed by atoms with Gasteiger partial charge in [-0.15, -0.1) is 0 Å². The molecule has 0 aliphatic heterocycles. The van der Waals surface area contributed by atoms with Gasteiger partial charge in [0.2, 0.25) is 0 Å². The summed E-state index contributed by atoms with van der Waals surface area (Å²) in [6.45, 7) is 2.07. The summed E-state index contributed by atoms with van der Waals surface area (Å²) in [4.78, 5) is 0. The summed E-state index contributed by atoms with van der Waals surface area (Å²) < 4.78 is 1.14. The van der Waals surface area contributed by atoms with Gasteiger partial charge in [-0.25, -0.2) is 0 Å². The first-order valence-corrected chi connectivity index (χ1v) is 5.61. The van der Waals surface area contributed by atoms with E-state index in [4.69, 9.17) is 5.26 Å². The van der Waals surface area contributed by atoms with E-state index in [0.29, 0.717) is 0 Å². The van der Waals surface area contributed by atoms with Crippen LogP contribution < -0.4 is 0 Å². The molecule has 1 aliphatic carbocycles. The van der Waals surface area contributed by atoms with Crippen LogP contribution in [0.1, 0.15) is 24.0 Å². The Morgan fingerprint density at radius 2 is 2.21 bits per heavy atom. The van der Waals surface area contributed by atoms with Crippen molar-refractivity contribution in [2.24, 2.45) is 5.41 Å². The fourth-order valence-corrected chi connectivity index (χ4v) is 2.04. The van der Waals surface area contributed by atoms with Crippen LogP contribution in [0.5, 0.6) is 0 Å². The number of hydrogen-bond acceptors (Lipinski definition) is 1. The van der Waals surface area contributed by atoms with Crippen LogP contribution in [-0.4, -0.2) is 0 Å². The van der Waals surface area contributed by atoms with Crippen LogP contribution in [-0.2, 0) is 6.42 Å². The molecule has 1 aromatic carbocycles. The number of rotatable bonds is 2. The standard InChI is InChI=1S/C12H12BrN/c1-9-2-3-10(6-11(9)13)7-12(8-14)4-5-12/h2-3,6H,4-5,7H2,1H3. The summed E-state index contributed by atoms with van der Waals surface area (Å²) in [5, 5.41) is 8.98. The number of nitriles is 1. The first-order valence-electron chi connectivity index (χ1n) is 4.81. The second-order valence-corrected chi connectivity index (χ2v) is 5.01. The van der Waals surface area contributed by atoms with Crippen molar-refractivity contribution >= 4 is 15.9 Å². The maximum atomic E-state index is 8.98. The van der Waals surface area contributed by atoms with Gasteiger partial charge in [0.05, 0.1) is 11.5 Å². The molecule has 1 saturated carbocycles. The van der Waals surface area contributed by atoms with E-state index in [1.54, 1.807) is 0 Å². The molecule has 0 saturated heterocycles. The molecule has 0 spiro atoms. The number of benzene rings is 1. The van der Waals surface area contributed by atoms with Crippen molar-refractivity contribution in [3.05, 3.63) is 33.8 Å². The molecule has 72 valence electrons. The van der Waals surface area contributed by atoms with Crippen molar-refractivity contribution in [2.45, 2.75) is 26.2 Å². The number of aryl methyl sites for hydroxylation is 1. The largest absolute Gasteiger partial charge is 0.198 e. The normalized spacial score (nSPS) is 17.5. The Morgan fingerprint density at radius 1 is 1.50 bits per heavy atom. The smallest absolute Gasteiger partial charge is 0.0693 e. The van der Waals surface area contributed by atoms with E-state index in [2.05, 4.69) is 47.1 Å². The van der Waals surface area contributed by atoms with Gasteiger partial charge in [-0.3, -0.25) is 0 Å². The molecule has 0 bridgehead atoms. The molecule has 1 nitrogen and oxygen atoms in total. The van der Waals surface area contributed by atoms with Crippen molar-refractivity contribution < 1.29 is 0 Å². The first-order chi connectivity index (χ1) is 6.65. The third-order valence-corrected chi connectivity index (χ3v) is 3.72. The zero-order chi connectivity index (χ0) is 10.2. The van der Waals surface area contributed by atoms with E-state index < -0.39 is 0 Å². The molecule has 14 heavy (non-hydrogen) atoms. The quantitative estimate of drug-likeness (QED) is 0.786. The number of hydrogen-bond donors (Lipinski definition) is 0. The third-order valence-electron chi connectivity index (χ3n) is 2.87. The van der Waals surface area contributed by atoms with Gasteiger partial charge in [0, 0.05) is 4.47 Å². The highest BCUT2D eigenvalue weighted by Crippen LogP contribution is 2.47. The van der Waals surface area contributed by atoms with Crippen LogP contribution in [0.3, 0.4) is 0 Å². The Labute approximate surface area is 92.9 Å². The van der Waals surface area contributed by atoms with Crippen LogP contribution in [0.4, 0.5) is 0 Å². The van der Waals surface area contributed by atoms with E-state index in [9.17, 15) is 0 Å². The molecule has 0 N–H and O–H groups in total. The summed E-state index contributed by atoms with van der Waals surface area (Å²) in [6.07, 6.45) is 3.03. The summed E-state index contributed by atoms with van der Waals surface area (Å²) in [6, 6.07) is 8.78. The predicted octanol–water partition coefficient (Wildman–Crippen LogP) is 3.60. The van der Waals surface area contributed by atoms with Gasteiger partial charge in [-0.2, -0.15) is 5.26 Å². The SMILES string of the molecule is Cc1ccc(CC2(C#N)CC2)cc1Br. The monoisotopic (exact) mass is 249 g/mol. The lowest BCUT2D eigenvalue weighted by atomic mass is 9.97. The minimum atomic E-state index is -0.0330. The van der Waals surface area contributed by atoms with Crippen molar-refractivity contribution in [3.8, 4) is 6.07 Å². The van der Waals surface area contributed by atoms with Crippen molar-refractivity contribution in [1.82, 2.24) is 0 Å². The molecule has 1 aromatic rings. The average molecular weight is 250 g/mol. The highest BCUT2D eigenvalue weighted by atomic mass is 79.9. The molecule has 1 fully saturated rings. The lowest BCUT2D eigenvalue weighted by Crippen LogP contribution is -2.01. The maximum Gasteiger partial charge on any atom is 0.0693 e. The van der Waals surface area contributed by atoms with Gasteiger partial charge in [0.1, 0.15) is 0 Å². The van der Waals surface area contributed by atoms with E-state index >= 15 is 0 Å². The van der Waals surface area contributed by atoms with Crippen molar-refractivity contribution in [2.75, 3.05) is 0 Å². The highest BCUT2D eigenvalue weighted by molar-refractivity contribution is 9.10. The molecule has 0 aromatic heterocycles. The van der Waals surface area contributed by atoms with Crippen LogP contribution >= 0.6 is 15.9 Å². The molecular formula is C12H12BrN. The van der Waals surface area contributed by atoms with Crippen LogP contribution in [0.2, 0.25) is 0 Å². The number of nitrogens with zero attached hydrogens (tertiary/aromatic N) is 1. The fourth-order valence-electron chi connectivity index (χ4n) is 1.62. The highest BCUT2D eigenvalue weighted by Gasteiger charge is 2.42. The summed E-state index contributed by atoms with van der Waals surface area (Å²) >= 11 is 3.51. The van der Waals surface area contributed by atoms with Crippen LogP contribution in [0, 0.1) is 23.7 Å². The van der Waals surface area contributed by atoms with Gasteiger partial charge in [0.25, 0.3) is 0 Å². The molecular weight excluding hydrogens is 238 g/mol. The predicted molar refractivity (Wildman–Crippen MR) is 59.9 cm³/mol. The van der Waals surface area contributed by atoms with Gasteiger partial charge in [-0.05, 0) is 43.4 Å². The molecule has 1 aliphatic rings. The Morgan fingerprint density at radius 3 is 2.71 bits per heavy atom. The number of halogens is 1. The van der Waals surface area contributed by atoms with Gasteiger partial charge in [0.15, 0.2) is 0 Å². The van der Waals surface area contributed by atoms with Crippen LogP contribution in [0.25, 0.3) is 0 Å². The first kappa shape index (κ1) is 9.73. The summed E-state index contributed by atoms with van der Waals surface area (Å²) in [5.74, 6) is 0.